The van der Waals surface area contributed by atoms with E-state index in [-0.39, 0.29) is 11.8 Å². The van der Waals surface area contributed by atoms with Crippen LogP contribution in [-0.2, 0) is 17.4 Å². The summed E-state index contributed by atoms with van der Waals surface area (Å²) in [5.74, 6) is -0.552. The quantitative estimate of drug-likeness (QED) is 0.905. The second-order valence-corrected chi connectivity index (χ2v) is 5.69. The summed E-state index contributed by atoms with van der Waals surface area (Å²) in [5, 5.41) is 11.7. The summed E-state index contributed by atoms with van der Waals surface area (Å²) in [6.07, 6.45) is -2.11. The fourth-order valence-corrected chi connectivity index (χ4v) is 2.26. The van der Waals surface area contributed by atoms with Gasteiger partial charge in [-0.25, -0.2) is 0 Å². The monoisotopic (exact) mass is 310 g/mol. The Kier molecular flexibility index (Phi) is 4.45. The lowest BCUT2D eigenvalue weighted by molar-refractivity contribution is -0.137. The molecular formula is C16H17F3N2O. The lowest BCUT2D eigenvalue weighted by Crippen LogP contribution is -2.40. The van der Waals surface area contributed by atoms with Gasteiger partial charge in [0, 0.05) is 5.92 Å². The van der Waals surface area contributed by atoms with Gasteiger partial charge in [-0.3, -0.25) is 4.79 Å². The standard InChI is InChI=1S/C16H17F3N2O/c1-2-12(14(22)21-15(10-20)7-8-15)9-11-3-5-13(6-4-11)16(17,18)19/h3-6,12H,2,7-9H2,1H3,(H,21,22). The molecule has 1 atom stereocenters. The summed E-state index contributed by atoms with van der Waals surface area (Å²) in [4.78, 5) is 12.2. The molecule has 0 bridgehead atoms. The third-order valence-electron chi connectivity index (χ3n) is 3.95. The number of amides is 1. The zero-order chi connectivity index (χ0) is 16.4. The van der Waals surface area contributed by atoms with Gasteiger partial charge in [0.2, 0.25) is 5.91 Å². The predicted molar refractivity (Wildman–Crippen MR) is 74.6 cm³/mol. The first kappa shape index (κ1) is 16.3. The van der Waals surface area contributed by atoms with Crippen molar-refractivity contribution in [3.8, 4) is 6.07 Å². The molecule has 1 amide bonds. The van der Waals surface area contributed by atoms with Crippen molar-refractivity contribution >= 4 is 5.91 Å². The zero-order valence-electron chi connectivity index (χ0n) is 12.2. The number of nitriles is 1. The molecule has 0 heterocycles. The SMILES string of the molecule is CCC(Cc1ccc(C(F)(F)F)cc1)C(=O)NC1(C#N)CC1. The molecule has 3 nitrogen and oxygen atoms in total. The van der Waals surface area contributed by atoms with Crippen molar-refractivity contribution in [2.24, 2.45) is 5.92 Å². The van der Waals surface area contributed by atoms with Crippen molar-refractivity contribution in [1.82, 2.24) is 5.32 Å². The molecule has 0 radical (unpaired) electrons. The average molecular weight is 310 g/mol. The van der Waals surface area contributed by atoms with Crippen LogP contribution < -0.4 is 5.32 Å². The second-order valence-electron chi connectivity index (χ2n) is 5.69. The van der Waals surface area contributed by atoms with Gasteiger partial charge >= 0.3 is 6.18 Å². The van der Waals surface area contributed by atoms with Crippen LogP contribution in [0.25, 0.3) is 0 Å². The van der Waals surface area contributed by atoms with Gasteiger partial charge in [-0.15, -0.1) is 0 Å². The van der Waals surface area contributed by atoms with Crippen molar-refractivity contribution in [2.45, 2.75) is 44.3 Å². The normalized spacial score (nSPS) is 17.4. The highest BCUT2D eigenvalue weighted by atomic mass is 19.4. The van der Waals surface area contributed by atoms with Gasteiger partial charge in [0.15, 0.2) is 0 Å². The Labute approximate surface area is 127 Å². The minimum Gasteiger partial charge on any atom is -0.338 e. The van der Waals surface area contributed by atoms with E-state index in [1.807, 2.05) is 6.92 Å². The Morgan fingerprint density at radius 2 is 1.95 bits per heavy atom. The first-order chi connectivity index (χ1) is 10.3. The average Bonchev–Trinajstić information content (AvgIpc) is 3.24. The number of nitrogens with zero attached hydrogens (tertiary/aromatic N) is 1. The molecule has 118 valence electrons. The van der Waals surface area contributed by atoms with Gasteiger partial charge in [-0.2, -0.15) is 18.4 Å². The molecule has 0 aromatic heterocycles. The molecule has 22 heavy (non-hydrogen) atoms. The van der Waals surface area contributed by atoms with E-state index in [1.54, 1.807) is 0 Å². The van der Waals surface area contributed by atoms with Crippen molar-refractivity contribution in [3.63, 3.8) is 0 Å². The molecule has 1 fully saturated rings. The molecule has 1 aliphatic rings. The molecule has 1 aliphatic carbocycles. The van der Waals surface area contributed by atoms with Crippen molar-refractivity contribution in [3.05, 3.63) is 35.4 Å². The molecule has 2 rings (SSSR count). The van der Waals surface area contributed by atoms with E-state index >= 15 is 0 Å². The molecular weight excluding hydrogens is 293 g/mol. The van der Waals surface area contributed by atoms with E-state index in [9.17, 15) is 18.0 Å². The van der Waals surface area contributed by atoms with Crippen LogP contribution in [-0.4, -0.2) is 11.4 Å². The summed E-state index contributed by atoms with van der Waals surface area (Å²) in [5.41, 5.74) is -0.739. The van der Waals surface area contributed by atoms with Gasteiger partial charge in [0.05, 0.1) is 11.6 Å². The largest absolute Gasteiger partial charge is 0.416 e. The number of rotatable bonds is 5. The maximum absolute atomic E-state index is 12.5. The van der Waals surface area contributed by atoms with Gasteiger partial charge in [-0.05, 0) is 43.4 Å². The maximum Gasteiger partial charge on any atom is 0.416 e. The van der Waals surface area contributed by atoms with Crippen LogP contribution >= 0.6 is 0 Å². The van der Waals surface area contributed by atoms with Crippen LogP contribution in [0.5, 0.6) is 0 Å². The van der Waals surface area contributed by atoms with Gasteiger partial charge in [0.25, 0.3) is 0 Å². The highest BCUT2D eigenvalue weighted by Crippen LogP contribution is 2.35. The number of halogens is 3. The Morgan fingerprint density at radius 3 is 2.36 bits per heavy atom. The van der Waals surface area contributed by atoms with Crippen LogP contribution in [0, 0.1) is 17.2 Å². The minimum absolute atomic E-state index is 0.207. The van der Waals surface area contributed by atoms with Crippen LogP contribution in [0.1, 0.15) is 37.3 Å². The molecule has 1 unspecified atom stereocenters. The summed E-state index contributed by atoms with van der Waals surface area (Å²) in [7, 11) is 0. The van der Waals surface area contributed by atoms with Crippen LogP contribution in [0.3, 0.4) is 0 Å². The Balaban J connectivity index is 2.01. The molecule has 1 aromatic rings. The number of hydrogen-bond donors (Lipinski definition) is 1. The van der Waals surface area contributed by atoms with Crippen LogP contribution in [0.15, 0.2) is 24.3 Å². The molecule has 1 aromatic carbocycles. The van der Waals surface area contributed by atoms with E-state index in [0.29, 0.717) is 31.2 Å². The lowest BCUT2D eigenvalue weighted by Gasteiger charge is -2.17. The zero-order valence-corrected chi connectivity index (χ0v) is 12.2. The third kappa shape index (κ3) is 3.79. The first-order valence-electron chi connectivity index (χ1n) is 7.19. The van der Waals surface area contributed by atoms with Gasteiger partial charge in [-0.1, -0.05) is 19.1 Å². The highest BCUT2D eigenvalue weighted by Gasteiger charge is 2.45. The van der Waals surface area contributed by atoms with E-state index < -0.39 is 17.3 Å². The molecule has 0 saturated heterocycles. The number of carbonyl (C=O) groups is 1. The number of benzene rings is 1. The lowest BCUT2D eigenvalue weighted by atomic mass is 9.95. The third-order valence-corrected chi connectivity index (χ3v) is 3.95. The number of nitrogens with one attached hydrogen (secondary N) is 1. The summed E-state index contributed by atoms with van der Waals surface area (Å²) in [6, 6.07) is 6.94. The smallest absolute Gasteiger partial charge is 0.338 e. The van der Waals surface area contributed by atoms with Crippen molar-refractivity contribution in [2.75, 3.05) is 0 Å². The van der Waals surface area contributed by atoms with Gasteiger partial charge in [0.1, 0.15) is 5.54 Å². The summed E-state index contributed by atoms with van der Waals surface area (Å²) in [6.45, 7) is 1.85. The van der Waals surface area contributed by atoms with Crippen LogP contribution in [0.4, 0.5) is 13.2 Å². The highest BCUT2D eigenvalue weighted by molar-refractivity contribution is 5.80. The fourth-order valence-electron chi connectivity index (χ4n) is 2.26. The Bertz CT molecular complexity index is 583. The topological polar surface area (TPSA) is 52.9 Å². The van der Waals surface area contributed by atoms with E-state index in [4.69, 9.17) is 5.26 Å². The number of hydrogen-bond acceptors (Lipinski definition) is 2. The molecule has 0 aliphatic heterocycles. The molecule has 1 N–H and O–H groups in total. The first-order valence-corrected chi connectivity index (χ1v) is 7.19. The maximum atomic E-state index is 12.5. The Morgan fingerprint density at radius 1 is 1.36 bits per heavy atom. The number of carbonyl (C=O) groups excluding carboxylic acids is 1. The van der Waals surface area contributed by atoms with Crippen molar-refractivity contribution in [1.29, 1.82) is 5.26 Å². The molecule has 0 spiro atoms. The summed E-state index contributed by atoms with van der Waals surface area (Å²) >= 11 is 0. The predicted octanol–water partition coefficient (Wildman–Crippen LogP) is 3.45. The van der Waals surface area contributed by atoms with Crippen LogP contribution in [0.2, 0.25) is 0 Å². The summed E-state index contributed by atoms with van der Waals surface area (Å²) < 4.78 is 37.5. The minimum atomic E-state index is -4.36. The second kappa shape index (κ2) is 5.99. The van der Waals surface area contributed by atoms with E-state index in [2.05, 4.69) is 11.4 Å². The molecule has 6 heteroatoms. The Hall–Kier alpha value is -2.03. The molecule has 1 saturated carbocycles. The van der Waals surface area contributed by atoms with E-state index in [1.165, 1.54) is 12.1 Å². The van der Waals surface area contributed by atoms with Crippen molar-refractivity contribution < 1.29 is 18.0 Å². The van der Waals surface area contributed by atoms with Gasteiger partial charge < -0.3 is 5.32 Å². The fraction of sp³-hybridized carbons (Fsp3) is 0.500. The number of alkyl halides is 3. The van der Waals surface area contributed by atoms with E-state index in [0.717, 1.165) is 12.1 Å².